The van der Waals surface area contributed by atoms with Crippen LogP contribution in [0.25, 0.3) is 0 Å². The summed E-state index contributed by atoms with van der Waals surface area (Å²) in [5.74, 6) is -0.613. The van der Waals surface area contributed by atoms with Gasteiger partial charge in [-0.1, -0.05) is 26.7 Å². The van der Waals surface area contributed by atoms with E-state index in [4.69, 9.17) is 0 Å². The van der Waals surface area contributed by atoms with Crippen LogP contribution in [-0.4, -0.2) is 34.6 Å². The van der Waals surface area contributed by atoms with E-state index in [0.29, 0.717) is 0 Å². The van der Waals surface area contributed by atoms with Gasteiger partial charge in [-0.15, -0.1) is 0 Å². The third-order valence-corrected chi connectivity index (χ3v) is 3.47. The number of likely N-dealkylation sites (tertiary alicyclic amines) is 1. The normalized spacial score (nSPS) is 27.1. The molecule has 0 aromatic carbocycles. The number of carbonyl (C=O) groups is 1. The topological polar surface area (TPSA) is 40.5 Å². The molecule has 0 amide bonds. The van der Waals surface area contributed by atoms with Crippen LogP contribution in [0.1, 0.15) is 52.4 Å². The first-order valence-electron chi connectivity index (χ1n) is 6.16. The summed E-state index contributed by atoms with van der Waals surface area (Å²) >= 11 is 0. The first-order chi connectivity index (χ1) is 7.17. The molecule has 1 atom stereocenters. The molecule has 1 saturated heterocycles. The highest BCUT2D eigenvalue weighted by Gasteiger charge is 2.46. The van der Waals surface area contributed by atoms with Gasteiger partial charge >= 0.3 is 5.97 Å². The third kappa shape index (κ3) is 2.51. The molecular formula is C12H23NO2. The molecule has 1 aliphatic heterocycles. The summed E-state index contributed by atoms with van der Waals surface area (Å²) in [6, 6.07) is 0. The zero-order chi connectivity index (χ0) is 11.3. The highest BCUT2D eigenvalue weighted by molar-refractivity contribution is 5.79. The van der Waals surface area contributed by atoms with Crippen molar-refractivity contribution in [2.75, 3.05) is 13.1 Å². The van der Waals surface area contributed by atoms with Crippen LogP contribution in [0.3, 0.4) is 0 Å². The SMILES string of the molecule is CCCCN1CCCC1(CCC)C(=O)O. The quantitative estimate of drug-likeness (QED) is 0.737. The molecule has 0 radical (unpaired) electrons. The zero-order valence-corrected chi connectivity index (χ0v) is 9.96. The van der Waals surface area contributed by atoms with Crippen molar-refractivity contribution in [3.05, 3.63) is 0 Å². The van der Waals surface area contributed by atoms with Gasteiger partial charge in [0.15, 0.2) is 0 Å². The van der Waals surface area contributed by atoms with Gasteiger partial charge in [0.1, 0.15) is 5.54 Å². The van der Waals surface area contributed by atoms with Crippen LogP contribution in [-0.2, 0) is 4.79 Å². The second kappa shape index (κ2) is 5.50. The number of unbranched alkanes of at least 4 members (excludes halogenated alkanes) is 1. The summed E-state index contributed by atoms with van der Waals surface area (Å²) in [6.45, 7) is 6.13. The number of hydrogen-bond acceptors (Lipinski definition) is 2. The monoisotopic (exact) mass is 213 g/mol. The van der Waals surface area contributed by atoms with Gasteiger partial charge in [-0.05, 0) is 38.8 Å². The van der Waals surface area contributed by atoms with Crippen LogP contribution >= 0.6 is 0 Å². The number of aliphatic carboxylic acids is 1. The second-order valence-corrected chi connectivity index (χ2v) is 4.53. The first-order valence-corrected chi connectivity index (χ1v) is 6.16. The van der Waals surface area contributed by atoms with Crippen molar-refractivity contribution in [1.29, 1.82) is 0 Å². The molecule has 3 nitrogen and oxygen atoms in total. The fourth-order valence-corrected chi connectivity index (χ4v) is 2.66. The van der Waals surface area contributed by atoms with Gasteiger partial charge in [0.2, 0.25) is 0 Å². The molecule has 1 N–H and O–H groups in total. The highest BCUT2D eigenvalue weighted by atomic mass is 16.4. The summed E-state index contributed by atoms with van der Waals surface area (Å²) in [5.41, 5.74) is -0.538. The standard InChI is InChI=1S/C12H23NO2/c1-3-5-9-13-10-6-8-12(13,7-4-2)11(14)15/h3-10H2,1-2H3,(H,14,15). The fraction of sp³-hybridized carbons (Fsp3) is 0.917. The van der Waals surface area contributed by atoms with Crippen molar-refractivity contribution in [2.24, 2.45) is 0 Å². The predicted molar refractivity (Wildman–Crippen MR) is 61.0 cm³/mol. The number of rotatable bonds is 6. The van der Waals surface area contributed by atoms with Crippen molar-refractivity contribution in [1.82, 2.24) is 4.90 Å². The lowest BCUT2D eigenvalue weighted by molar-refractivity contribution is -0.150. The summed E-state index contributed by atoms with van der Waals surface area (Å²) in [5, 5.41) is 9.42. The molecule has 0 aliphatic carbocycles. The lowest BCUT2D eigenvalue weighted by Crippen LogP contribution is -2.50. The number of carboxylic acid groups (broad SMARTS) is 1. The molecule has 0 saturated carbocycles. The van der Waals surface area contributed by atoms with Crippen LogP contribution < -0.4 is 0 Å². The Balaban J connectivity index is 2.70. The van der Waals surface area contributed by atoms with Gasteiger partial charge in [-0.25, -0.2) is 0 Å². The van der Waals surface area contributed by atoms with Crippen LogP contribution in [0, 0.1) is 0 Å². The van der Waals surface area contributed by atoms with Gasteiger partial charge < -0.3 is 5.11 Å². The van der Waals surface area contributed by atoms with E-state index in [2.05, 4.69) is 18.7 Å². The zero-order valence-electron chi connectivity index (χ0n) is 9.96. The molecule has 88 valence electrons. The molecule has 1 rings (SSSR count). The van der Waals surface area contributed by atoms with Crippen LogP contribution in [0.5, 0.6) is 0 Å². The van der Waals surface area contributed by atoms with Crippen LogP contribution in [0.15, 0.2) is 0 Å². The fourth-order valence-electron chi connectivity index (χ4n) is 2.66. The predicted octanol–water partition coefficient (Wildman–Crippen LogP) is 2.51. The molecule has 3 heteroatoms. The molecule has 1 aliphatic rings. The van der Waals surface area contributed by atoms with E-state index < -0.39 is 11.5 Å². The average Bonchev–Trinajstić information content (AvgIpc) is 2.60. The number of nitrogens with zero attached hydrogens (tertiary/aromatic N) is 1. The Bertz CT molecular complexity index is 218. The summed E-state index contributed by atoms with van der Waals surface area (Å²) in [6.07, 6.45) is 5.87. The minimum Gasteiger partial charge on any atom is -0.480 e. The Morgan fingerprint density at radius 1 is 1.40 bits per heavy atom. The van der Waals surface area contributed by atoms with Gasteiger partial charge in [0.05, 0.1) is 0 Å². The van der Waals surface area contributed by atoms with Crippen molar-refractivity contribution in [2.45, 2.75) is 57.9 Å². The Kier molecular flexibility index (Phi) is 4.58. The Hall–Kier alpha value is -0.570. The minimum atomic E-state index is -0.613. The summed E-state index contributed by atoms with van der Waals surface area (Å²) in [4.78, 5) is 13.6. The molecule has 0 aromatic rings. The largest absolute Gasteiger partial charge is 0.480 e. The molecule has 1 heterocycles. The second-order valence-electron chi connectivity index (χ2n) is 4.53. The molecule has 0 aromatic heterocycles. The van der Waals surface area contributed by atoms with Crippen molar-refractivity contribution < 1.29 is 9.90 Å². The molecule has 15 heavy (non-hydrogen) atoms. The molecule has 0 bridgehead atoms. The molecule has 1 unspecified atom stereocenters. The van der Waals surface area contributed by atoms with E-state index in [0.717, 1.165) is 51.6 Å². The lowest BCUT2D eigenvalue weighted by atomic mass is 9.90. The average molecular weight is 213 g/mol. The molecule has 0 spiro atoms. The molecule has 1 fully saturated rings. The number of hydrogen-bond donors (Lipinski definition) is 1. The van der Waals surface area contributed by atoms with Gasteiger partial charge in [0.25, 0.3) is 0 Å². The third-order valence-electron chi connectivity index (χ3n) is 3.47. The van der Waals surface area contributed by atoms with Gasteiger partial charge in [-0.2, -0.15) is 0 Å². The van der Waals surface area contributed by atoms with E-state index in [1.165, 1.54) is 0 Å². The minimum absolute atomic E-state index is 0.538. The van der Waals surface area contributed by atoms with Crippen molar-refractivity contribution in [3.63, 3.8) is 0 Å². The van der Waals surface area contributed by atoms with E-state index >= 15 is 0 Å². The summed E-state index contributed by atoms with van der Waals surface area (Å²) < 4.78 is 0. The van der Waals surface area contributed by atoms with E-state index in [-0.39, 0.29) is 0 Å². The smallest absolute Gasteiger partial charge is 0.324 e. The van der Waals surface area contributed by atoms with Crippen LogP contribution in [0.2, 0.25) is 0 Å². The van der Waals surface area contributed by atoms with E-state index in [1.54, 1.807) is 0 Å². The lowest BCUT2D eigenvalue weighted by Gasteiger charge is -2.34. The van der Waals surface area contributed by atoms with E-state index in [9.17, 15) is 9.90 Å². The number of carboxylic acids is 1. The maximum atomic E-state index is 11.4. The highest BCUT2D eigenvalue weighted by Crippen LogP contribution is 2.34. The maximum Gasteiger partial charge on any atom is 0.324 e. The summed E-state index contributed by atoms with van der Waals surface area (Å²) in [7, 11) is 0. The van der Waals surface area contributed by atoms with Crippen LogP contribution in [0.4, 0.5) is 0 Å². The van der Waals surface area contributed by atoms with E-state index in [1.807, 2.05) is 0 Å². The van der Waals surface area contributed by atoms with Crippen molar-refractivity contribution >= 4 is 5.97 Å². The van der Waals surface area contributed by atoms with Crippen molar-refractivity contribution in [3.8, 4) is 0 Å². The Morgan fingerprint density at radius 3 is 2.67 bits per heavy atom. The first kappa shape index (κ1) is 12.5. The molecular weight excluding hydrogens is 190 g/mol. The van der Waals surface area contributed by atoms with Gasteiger partial charge in [-0.3, -0.25) is 9.69 Å². The maximum absolute atomic E-state index is 11.4. The Morgan fingerprint density at radius 2 is 2.13 bits per heavy atom. The van der Waals surface area contributed by atoms with Gasteiger partial charge in [0, 0.05) is 0 Å². The Labute approximate surface area is 92.5 Å².